The monoisotopic (exact) mass is 411 g/mol. The molecule has 1 aliphatic heterocycles. The lowest BCUT2D eigenvalue weighted by Gasteiger charge is -2.17. The number of benzene rings is 2. The van der Waals surface area contributed by atoms with Crippen LogP contribution in [0.15, 0.2) is 51.8 Å². The van der Waals surface area contributed by atoms with Crippen molar-refractivity contribution in [3.63, 3.8) is 0 Å². The Kier molecular flexibility index (Phi) is 5.40. The van der Waals surface area contributed by atoms with Crippen molar-refractivity contribution in [3.8, 4) is 5.75 Å². The first kappa shape index (κ1) is 18.6. The fraction of sp³-hybridized carbons (Fsp3) is 0.125. The van der Waals surface area contributed by atoms with E-state index in [0.29, 0.717) is 22.1 Å². The minimum absolute atomic E-state index is 0.0425. The third kappa shape index (κ3) is 4.12. The molecule has 0 aromatic heterocycles. The maximum Gasteiger partial charge on any atom is 0.286 e. The predicted octanol–water partition coefficient (Wildman–Crippen LogP) is 3.19. The molecule has 1 amide bonds. The first-order valence-corrected chi connectivity index (χ1v) is 10.2. The second-order valence-corrected chi connectivity index (χ2v) is 8.15. The molecule has 0 saturated heterocycles. The van der Waals surface area contributed by atoms with Gasteiger partial charge in [0.1, 0.15) is 10.6 Å². The van der Waals surface area contributed by atoms with E-state index in [-0.39, 0.29) is 21.7 Å². The highest BCUT2D eigenvalue weighted by atomic mass is 35.5. The third-order valence-electron chi connectivity index (χ3n) is 3.39. The summed E-state index contributed by atoms with van der Waals surface area (Å²) in [5.74, 6) is 0.0767. The Hall–Kier alpha value is -2.23. The Morgan fingerprint density at radius 1 is 1.31 bits per heavy atom. The van der Waals surface area contributed by atoms with Crippen LogP contribution in [-0.2, 0) is 14.8 Å². The summed E-state index contributed by atoms with van der Waals surface area (Å²) in [5, 5.41) is 6.18. The van der Waals surface area contributed by atoms with Crippen LogP contribution in [0.3, 0.4) is 0 Å². The summed E-state index contributed by atoms with van der Waals surface area (Å²) in [6.45, 7) is 0. The van der Waals surface area contributed by atoms with Crippen molar-refractivity contribution >= 4 is 55.8 Å². The Labute approximate surface area is 159 Å². The number of fused-ring (bicyclic) bond motifs is 1. The van der Waals surface area contributed by atoms with E-state index in [9.17, 15) is 13.2 Å². The molecular weight excluding hydrogens is 398 g/mol. The second-order valence-electron chi connectivity index (χ2n) is 5.17. The average Bonchev–Trinajstić information content (AvgIpc) is 2.60. The fourth-order valence-corrected chi connectivity index (χ4v) is 4.46. The molecule has 1 heterocycles. The molecule has 0 spiro atoms. The minimum Gasteiger partial charge on any atom is -0.495 e. The first-order valence-electron chi connectivity index (χ1n) is 7.36. The SMILES string of the molecule is COc1ccc(Cl)cc1NC(=O)CSC1=NS(=O)(=O)c2ccccc2N1. The first-order chi connectivity index (χ1) is 12.4. The van der Waals surface area contributed by atoms with Crippen LogP contribution < -0.4 is 15.4 Å². The number of hydrogen-bond donors (Lipinski definition) is 2. The van der Waals surface area contributed by atoms with E-state index >= 15 is 0 Å². The number of sulfonamides is 1. The average molecular weight is 412 g/mol. The zero-order chi connectivity index (χ0) is 18.7. The Morgan fingerprint density at radius 3 is 2.85 bits per heavy atom. The summed E-state index contributed by atoms with van der Waals surface area (Å²) >= 11 is 6.91. The van der Waals surface area contributed by atoms with Crippen LogP contribution in [-0.4, -0.2) is 32.4 Å². The molecule has 0 radical (unpaired) electrons. The maximum absolute atomic E-state index is 12.2. The largest absolute Gasteiger partial charge is 0.495 e. The number of nitrogens with one attached hydrogen (secondary N) is 2. The molecule has 0 atom stereocenters. The fourth-order valence-electron chi connectivity index (χ4n) is 2.25. The van der Waals surface area contributed by atoms with E-state index in [2.05, 4.69) is 15.0 Å². The van der Waals surface area contributed by atoms with Crippen LogP contribution in [0.25, 0.3) is 0 Å². The van der Waals surface area contributed by atoms with Crippen molar-refractivity contribution in [2.75, 3.05) is 23.5 Å². The van der Waals surface area contributed by atoms with Gasteiger partial charge in [-0.05, 0) is 30.3 Å². The van der Waals surface area contributed by atoms with Crippen molar-refractivity contribution in [1.82, 2.24) is 0 Å². The van der Waals surface area contributed by atoms with Gasteiger partial charge in [0.05, 0.1) is 24.2 Å². The topological polar surface area (TPSA) is 96.9 Å². The van der Waals surface area contributed by atoms with Crippen molar-refractivity contribution in [3.05, 3.63) is 47.5 Å². The lowest BCUT2D eigenvalue weighted by molar-refractivity contribution is -0.113. The molecule has 1 aliphatic rings. The predicted molar refractivity (Wildman–Crippen MR) is 104 cm³/mol. The Balaban J connectivity index is 1.68. The molecule has 0 unspecified atom stereocenters. The smallest absolute Gasteiger partial charge is 0.286 e. The van der Waals surface area contributed by atoms with E-state index in [4.69, 9.17) is 16.3 Å². The summed E-state index contributed by atoms with van der Waals surface area (Å²) in [6, 6.07) is 11.3. The molecule has 2 aromatic rings. The summed E-state index contributed by atoms with van der Waals surface area (Å²) in [4.78, 5) is 12.3. The zero-order valence-electron chi connectivity index (χ0n) is 13.5. The molecule has 3 rings (SSSR count). The van der Waals surface area contributed by atoms with Crippen LogP contribution in [0.1, 0.15) is 0 Å². The second kappa shape index (κ2) is 7.56. The van der Waals surface area contributed by atoms with Gasteiger partial charge in [0.15, 0.2) is 5.17 Å². The number of amides is 1. The van der Waals surface area contributed by atoms with Crippen LogP contribution >= 0.6 is 23.4 Å². The number of rotatable bonds is 4. The van der Waals surface area contributed by atoms with Crippen molar-refractivity contribution in [1.29, 1.82) is 0 Å². The summed E-state index contributed by atoms with van der Waals surface area (Å²) in [7, 11) is -2.30. The maximum atomic E-state index is 12.2. The number of anilines is 2. The van der Waals surface area contributed by atoms with Gasteiger partial charge in [-0.25, -0.2) is 0 Å². The number of thioether (sulfide) groups is 1. The van der Waals surface area contributed by atoms with Gasteiger partial charge in [0.25, 0.3) is 10.0 Å². The molecule has 0 aliphatic carbocycles. The highest BCUT2D eigenvalue weighted by Gasteiger charge is 2.24. The third-order valence-corrected chi connectivity index (χ3v) is 5.94. The highest BCUT2D eigenvalue weighted by Crippen LogP contribution is 2.30. The molecule has 2 N–H and O–H groups in total. The standard InChI is InChI=1S/C16H14ClN3O4S2/c1-24-13-7-6-10(17)8-12(13)18-15(21)9-25-16-19-11-4-2-3-5-14(11)26(22,23)20-16/h2-8H,9H2,1H3,(H,18,21)(H,19,20). The molecule has 0 fully saturated rings. The summed E-state index contributed by atoms with van der Waals surface area (Å²) < 4.78 is 33.2. The highest BCUT2D eigenvalue weighted by molar-refractivity contribution is 8.15. The number of nitrogens with zero attached hydrogens (tertiary/aromatic N) is 1. The molecule has 0 bridgehead atoms. The lowest BCUT2D eigenvalue weighted by atomic mass is 10.3. The number of carbonyl (C=O) groups excluding carboxylic acids is 1. The quantitative estimate of drug-likeness (QED) is 0.801. The number of ether oxygens (including phenoxy) is 1. The Morgan fingerprint density at radius 2 is 2.08 bits per heavy atom. The molecular formula is C16H14ClN3O4S2. The number of carbonyl (C=O) groups is 1. The molecule has 10 heteroatoms. The molecule has 136 valence electrons. The van der Waals surface area contributed by atoms with E-state index in [1.807, 2.05) is 0 Å². The van der Waals surface area contributed by atoms with Gasteiger partial charge >= 0.3 is 0 Å². The number of para-hydroxylation sites is 1. The number of methoxy groups -OCH3 is 1. The van der Waals surface area contributed by atoms with Crippen LogP contribution in [0.4, 0.5) is 11.4 Å². The minimum atomic E-state index is -3.78. The number of amidine groups is 1. The van der Waals surface area contributed by atoms with E-state index in [1.54, 1.807) is 36.4 Å². The Bertz CT molecular complexity index is 993. The van der Waals surface area contributed by atoms with Gasteiger partial charge in [-0.1, -0.05) is 35.5 Å². The van der Waals surface area contributed by atoms with Gasteiger partial charge < -0.3 is 15.4 Å². The van der Waals surface area contributed by atoms with Gasteiger partial charge in [-0.3, -0.25) is 4.79 Å². The van der Waals surface area contributed by atoms with E-state index < -0.39 is 10.0 Å². The van der Waals surface area contributed by atoms with Gasteiger partial charge in [-0.15, -0.1) is 4.40 Å². The van der Waals surface area contributed by atoms with Crippen LogP contribution in [0.2, 0.25) is 5.02 Å². The summed E-state index contributed by atoms with van der Waals surface area (Å²) in [6.07, 6.45) is 0. The van der Waals surface area contributed by atoms with Gasteiger partial charge in [-0.2, -0.15) is 8.42 Å². The molecule has 7 nitrogen and oxygen atoms in total. The van der Waals surface area contributed by atoms with Crippen molar-refractivity contribution in [2.24, 2.45) is 4.40 Å². The van der Waals surface area contributed by atoms with Crippen molar-refractivity contribution < 1.29 is 17.9 Å². The van der Waals surface area contributed by atoms with Crippen LogP contribution in [0, 0.1) is 0 Å². The lowest BCUT2D eigenvalue weighted by Crippen LogP contribution is -2.22. The van der Waals surface area contributed by atoms with E-state index in [1.165, 1.54) is 13.2 Å². The number of halogens is 1. The molecule has 0 saturated carbocycles. The normalized spacial score (nSPS) is 14.6. The van der Waals surface area contributed by atoms with Crippen LogP contribution in [0.5, 0.6) is 5.75 Å². The molecule has 2 aromatic carbocycles. The molecule has 26 heavy (non-hydrogen) atoms. The number of hydrogen-bond acceptors (Lipinski definition) is 6. The van der Waals surface area contributed by atoms with E-state index in [0.717, 1.165) is 11.8 Å². The van der Waals surface area contributed by atoms with Gasteiger partial charge in [0.2, 0.25) is 5.91 Å². The van der Waals surface area contributed by atoms with Crippen molar-refractivity contribution in [2.45, 2.75) is 4.90 Å². The zero-order valence-corrected chi connectivity index (χ0v) is 15.9. The van der Waals surface area contributed by atoms with Gasteiger partial charge in [0, 0.05) is 5.02 Å². The summed E-state index contributed by atoms with van der Waals surface area (Å²) in [5.41, 5.74) is 0.865.